The highest BCUT2D eigenvalue weighted by Gasteiger charge is 2.26. The monoisotopic (exact) mass is 374 g/mol. The van der Waals surface area contributed by atoms with Crippen molar-refractivity contribution < 1.29 is 4.39 Å². The number of aromatic nitrogens is 1. The minimum atomic E-state index is -0.178. The number of anilines is 1. The molecule has 1 atom stereocenters. The van der Waals surface area contributed by atoms with E-state index in [4.69, 9.17) is 5.73 Å². The van der Waals surface area contributed by atoms with E-state index in [1.54, 1.807) is 17.4 Å². The Hall–Kier alpha value is -0.690. The topological polar surface area (TPSA) is 38.9 Å². The zero-order valence-electron chi connectivity index (χ0n) is 9.62. The van der Waals surface area contributed by atoms with Gasteiger partial charge in [0, 0.05) is 14.4 Å². The molecule has 3 rings (SSSR count). The third-order valence-electron chi connectivity index (χ3n) is 3.30. The molecule has 0 fully saturated rings. The highest BCUT2D eigenvalue weighted by Crippen LogP contribution is 2.42. The molecule has 1 aromatic carbocycles. The van der Waals surface area contributed by atoms with Crippen LogP contribution in [-0.4, -0.2) is 4.98 Å². The predicted molar refractivity (Wildman–Crippen MR) is 80.4 cm³/mol. The Morgan fingerprint density at radius 1 is 1.44 bits per heavy atom. The Bertz CT molecular complexity index is 597. The second-order valence-corrected chi connectivity index (χ2v) is 6.70. The lowest BCUT2D eigenvalue weighted by atomic mass is 9.86. The van der Waals surface area contributed by atoms with Gasteiger partial charge in [0.2, 0.25) is 0 Å². The minimum absolute atomic E-state index is 0.178. The van der Waals surface area contributed by atoms with E-state index in [-0.39, 0.29) is 5.82 Å². The number of nitrogens with two attached hydrogens (primary N) is 1. The number of halogens is 2. The van der Waals surface area contributed by atoms with Crippen molar-refractivity contribution in [2.24, 2.45) is 0 Å². The van der Waals surface area contributed by atoms with Crippen LogP contribution in [0.4, 0.5) is 9.52 Å². The smallest absolute Gasteiger partial charge is 0.180 e. The lowest BCUT2D eigenvalue weighted by Crippen LogP contribution is -2.10. The van der Waals surface area contributed by atoms with Crippen LogP contribution in [-0.2, 0) is 6.42 Å². The maximum absolute atomic E-state index is 13.2. The highest BCUT2D eigenvalue weighted by molar-refractivity contribution is 14.1. The molecule has 2 aromatic rings. The molecule has 0 saturated heterocycles. The van der Waals surface area contributed by atoms with Crippen molar-refractivity contribution in [1.82, 2.24) is 4.98 Å². The first kappa shape index (κ1) is 12.3. The Kier molecular flexibility index (Phi) is 3.27. The molecule has 94 valence electrons. The molecule has 0 aliphatic heterocycles. The zero-order chi connectivity index (χ0) is 12.7. The normalized spacial score (nSPS) is 18.7. The van der Waals surface area contributed by atoms with Crippen LogP contribution in [0.1, 0.15) is 34.9 Å². The number of fused-ring (bicyclic) bond motifs is 1. The van der Waals surface area contributed by atoms with Gasteiger partial charge in [0.15, 0.2) is 5.13 Å². The highest BCUT2D eigenvalue weighted by atomic mass is 127. The first-order valence-electron chi connectivity index (χ1n) is 5.85. The van der Waals surface area contributed by atoms with E-state index in [9.17, 15) is 4.39 Å². The van der Waals surface area contributed by atoms with Gasteiger partial charge in [-0.15, -0.1) is 11.3 Å². The SMILES string of the molecule is Nc1nc2c(s1)C(c1ccc(F)cc1I)CCC2. The average Bonchev–Trinajstić information content (AvgIpc) is 2.69. The molecule has 1 aromatic heterocycles. The van der Waals surface area contributed by atoms with Crippen molar-refractivity contribution in [1.29, 1.82) is 0 Å². The molecular weight excluding hydrogens is 362 g/mol. The molecule has 0 bridgehead atoms. The summed E-state index contributed by atoms with van der Waals surface area (Å²) in [5, 5.41) is 0.643. The number of hydrogen-bond donors (Lipinski definition) is 1. The molecule has 18 heavy (non-hydrogen) atoms. The Morgan fingerprint density at radius 3 is 3.06 bits per heavy atom. The van der Waals surface area contributed by atoms with Gasteiger partial charge in [-0.2, -0.15) is 0 Å². The molecule has 1 aliphatic carbocycles. The second-order valence-electron chi connectivity index (χ2n) is 4.47. The fourth-order valence-corrected chi connectivity index (χ4v) is 4.41. The third-order valence-corrected chi connectivity index (χ3v) is 5.28. The van der Waals surface area contributed by atoms with E-state index in [0.717, 1.165) is 28.5 Å². The van der Waals surface area contributed by atoms with Crippen LogP contribution in [0.5, 0.6) is 0 Å². The maximum Gasteiger partial charge on any atom is 0.180 e. The number of nitrogen functional groups attached to an aromatic ring is 1. The van der Waals surface area contributed by atoms with Crippen molar-refractivity contribution in [3.8, 4) is 0 Å². The van der Waals surface area contributed by atoms with Crippen LogP contribution in [0.3, 0.4) is 0 Å². The standard InChI is InChI=1S/C13H12FIN2S/c14-7-4-5-8(10(15)6-7)9-2-1-3-11-12(9)18-13(16)17-11/h4-6,9H,1-3H2,(H2,16,17). The molecular formula is C13H12FIN2S. The van der Waals surface area contributed by atoms with Gasteiger partial charge in [-0.05, 0) is 59.5 Å². The molecule has 0 amide bonds. The lowest BCUT2D eigenvalue weighted by Gasteiger charge is -2.22. The van der Waals surface area contributed by atoms with Crippen LogP contribution in [0, 0.1) is 9.39 Å². The zero-order valence-corrected chi connectivity index (χ0v) is 12.6. The number of aryl methyl sites for hydroxylation is 1. The van der Waals surface area contributed by atoms with E-state index in [0.29, 0.717) is 11.0 Å². The Morgan fingerprint density at radius 2 is 2.28 bits per heavy atom. The summed E-state index contributed by atoms with van der Waals surface area (Å²) in [4.78, 5) is 5.66. The molecule has 2 nitrogen and oxygen atoms in total. The quantitative estimate of drug-likeness (QED) is 0.769. The largest absolute Gasteiger partial charge is 0.375 e. The van der Waals surface area contributed by atoms with Gasteiger partial charge >= 0.3 is 0 Å². The summed E-state index contributed by atoms with van der Waals surface area (Å²) in [5.74, 6) is 0.152. The van der Waals surface area contributed by atoms with Gasteiger partial charge in [0.25, 0.3) is 0 Å². The molecule has 1 unspecified atom stereocenters. The van der Waals surface area contributed by atoms with Crippen molar-refractivity contribution in [3.05, 3.63) is 43.7 Å². The van der Waals surface area contributed by atoms with Gasteiger partial charge in [0.1, 0.15) is 5.82 Å². The van der Waals surface area contributed by atoms with E-state index < -0.39 is 0 Å². The Balaban J connectivity index is 2.07. The molecule has 1 heterocycles. The van der Waals surface area contributed by atoms with Crippen LogP contribution in [0.15, 0.2) is 18.2 Å². The van der Waals surface area contributed by atoms with Crippen molar-refractivity contribution in [3.63, 3.8) is 0 Å². The van der Waals surface area contributed by atoms with Crippen LogP contribution < -0.4 is 5.73 Å². The van der Waals surface area contributed by atoms with E-state index in [1.807, 2.05) is 6.07 Å². The van der Waals surface area contributed by atoms with Crippen molar-refractivity contribution in [2.75, 3.05) is 5.73 Å². The van der Waals surface area contributed by atoms with Gasteiger partial charge in [-0.1, -0.05) is 6.07 Å². The molecule has 2 N–H and O–H groups in total. The van der Waals surface area contributed by atoms with Gasteiger partial charge in [-0.3, -0.25) is 0 Å². The number of nitrogens with zero attached hydrogens (tertiary/aromatic N) is 1. The molecule has 0 saturated carbocycles. The number of benzene rings is 1. The van der Waals surface area contributed by atoms with E-state index in [2.05, 4.69) is 27.6 Å². The minimum Gasteiger partial charge on any atom is -0.375 e. The fraction of sp³-hybridized carbons (Fsp3) is 0.308. The van der Waals surface area contributed by atoms with Crippen molar-refractivity contribution >= 4 is 39.1 Å². The molecule has 1 aliphatic rings. The number of thiazole rings is 1. The first-order valence-corrected chi connectivity index (χ1v) is 7.74. The van der Waals surface area contributed by atoms with Crippen molar-refractivity contribution in [2.45, 2.75) is 25.2 Å². The predicted octanol–water partition coefficient (Wildman–Crippen LogP) is 3.94. The summed E-state index contributed by atoms with van der Waals surface area (Å²) >= 11 is 3.78. The first-order chi connectivity index (χ1) is 8.65. The van der Waals surface area contributed by atoms with Crippen LogP contribution >= 0.6 is 33.9 Å². The Labute approximate surface area is 123 Å². The fourth-order valence-electron chi connectivity index (χ4n) is 2.52. The second kappa shape index (κ2) is 4.77. The molecule has 0 spiro atoms. The summed E-state index contributed by atoms with van der Waals surface area (Å²) in [6.45, 7) is 0. The van der Waals surface area contributed by atoms with Gasteiger partial charge in [-0.25, -0.2) is 9.37 Å². The number of rotatable bonds is 1. The average molecular weight is 374 g/mol. The maximum atomic E-state index is 13.2. The van der Waals surface area contributed by atoms with Gasteiger partial charge in [0.05, 0.1) is 5.69 Å². The lowest BCUT2D eigenvalue weighted by molar-refractivity contribution is 0.605. The molecule has 0 radical (unpaired) electrons. The summed E-state index contributed by atoms with van der Waals surface area (Å²) in [6.07, 6.45) is 3.22. The van der Waals surface area contributed by atoms with Crippen LogP contribution in [0.25, 0.3) is 0 Å². The third kappa shape index (κ3) is 2.14. The van der Waals surface area contributed by atoms with E-state index in [1.165, 1.54) is 16.5 Å². The summed E-state index contributed by atoms with van der Waals surface area (Å²) in [6, 6.07) is 5.03. The van der Waals surface area contributed by atoms with Gasteiger partial charge < -0.3 is 5.73 Å². The summed E-state index contributed by atoms with van der Waals surface area (Å²) < 4.78 is 14.2. The summed E-state index contributed by atoms with van der Waals surface area (Å²) in [5.41, 5.74) is 8.14. The summed E-state index contributed by atoms with van der Waals surface area (Å²) in [7, 11) is 0. The molecule has 5 heteroatoms. The van der Waals surface area contributed by atoms with Crippen LogP contribution in [0.2, 0.25) is 0 Å². The number of hydrogen-bond acceptors (Lipinski definition) is 3. The van der Waals surface area contributed by atoms with E-state index >= 15 is 0 Å².